The molecule has 0 saturated carbocycles. The lowest BCUT2D eigenvalue weighted by atomic mass is 10.0. The maximum absolute atomic E-state index is 14.7. The standard InChI is InChI=1S/C30H26FN7O/c31-21-10-19(11-22(12-21)39-9-8-38-6-1-2-7-38)23-4-3-5-26-24(23)13-28(35-26)30-25-14-27(20-15-32-18-33-16-20)34-17-29(25)36-37-30/h3-5,10-18,35H,1-2,6-9H2,(H,36,37). The third-order valence-electron chi connectivity index (χ3n) is 7.28. The molecule has 0 radical (unpaired) electrons. The number of aromatic amines is 2. The van der Waals surface area contributed by atoms with Crippen LogP contribution in [0.1, 0.15) is 12.8 Å². The van der Waals surface area contributed by atoms with E-state index in [1.54, 1.807) is 24.7 Å². The minimum atomic E-state index is -0.320. The molecule has 0 bridgehead atoms. The molecule has 194 valence electrons. The van der Waals surface area contributed by atoms with Gasteiger partial charge in [0.05, 0.1) is 23.1 Å². The summed E-state index contributed by atoms with van der Waals surface area (Å²) >= 11 is 0. The van der Waals surface area contributed by atoms with E-state index in [0.29, 0.717) is 12.4 Å². The van der Waals surface area contributed by atoms with Crippen molar-refractivity contribution in [2.24, 2.45) is 0 Å². The van der Waals surface area contributed by atoms with Gasteiger partial charge in [-0.05, 0) is 67.4 Å². The fourth-order valence-electron chi connectivity index (χ4n) is 5.35. The molecule has 2 N–H and O–H groups in total. The first kappa shape index (κ1) is 23.5. The zero-order chi connectivity index (χ0) is 26.2. The highest BCUT2D eigenvalue weighted by Crippen LogP contribution is 2.36. The molecule has 8 nitrogen and oxygen atoms in total. The molecular formula is C30H26FN7O. The second kappa shape index (κ2) is 9.92. The van der Waals surface area contributed by atoms with E-state index in [-0.39, 0.29) is 5.82 Å². The van der Waals surface area contributed by atoms with E-state index in [2.05, 4.69) is 41.1 Å². The number of H-pyrrole nitrogens is 2. The second-order valence-electron chi connectivity index (χ2n) is 9.84. The predicted octanol–water partition coefficient (Wildman–Crippen LogP) is 5.84. The zero-order valence-corrected chi connectivity index (χ0v) is 21.2. The first-order valence-electron chi connectivity index (χ1n) is 13.1. The van der Waals surface area contributed by atoms with Crippen molar-refractivity contribution < 1.29 is 9.13 Å². The maximum atomic E-state index is 14.7. The van der Waals surface area contributed by atoms with Crippen LogP contribution in [0, 0.1) is 5.82 Å². The summed E-state index contributed by atoms with van der Waals surface area (Å²) in [6, 6.07) is 15.0. The van der Waals surface area contributed by atoms with Gasteiger partial charge in [0.15, 0.2) is 0 Å². The molecule has 0 amide bonds. The number of hydrogen-bond acceptors (Lipinski definition) is 6. The van der Waals surface area contributed by atoms with Gasteiger partial charge in [-0.2, -0.15) is 5.10 Å². The lowest BCUT2D eigenvalue weighted by molar-refractivity contribution is 0.237. The number of aromatic nitrogens is 6. The molecular weight excluding hydrogens is 493 g/mol. The van der Waals surface area contributed by atoms with Gasteiger partial charge in [0.2, 0.25) is 0 Å². The average Bonchev–Trinajstić information content (AvgIpc) is 3.72. The topological polar surface area (TPSA) is 95.6 Å². The van der Waals surface area contributed by atoms with Crippen LogP contribution < -0.4 is 4.74 Å². The summed E-state index contributed by atoms with van der Waals surface area (Å²) < 4.78 is 20.7. The number of halogens is 1. The first-order chi connectivity index (χ1) is 19.2. The lowest BCUT2D eigenvalue weighted by Gasteiger charge is -2.15. The molecule has 1 fully saturated rings. The Bertz CT molecular complexity index is 1770. The van der Waals surface area contributed by atoms with Crippen molar-refractivity contribution in [1.29, 1.82) is 0 Å². The molecule has 9 heteroatoms. The van der Waals surface area contributed by atoms with Crippen LogP contribution in [0.25, 0.3) is 55.6 Å². The van der Waals surface area contributed by atoms with Crippen molar-refractivity contribution in [2.45, 2.75) is 12.8 Å². The van der Waals surface area contributed by atoms with E-state index < -0.39 is 0 Å². The number of likely N-dealkylation sites (tertiary alicyclic amines) is 1. The van der Waals surface area contributed by atoms with Crippen LogP contribution in [0.5, 0.6) is 5.75 Å². The summed E-state index contributed by atoms with van der Waals surface area (Å²) in [6.45, 7) is 3.62. The van der Waals surface area contributed by atoms with Crippen LogP contribution >= 0.6 is 0 Å². The zero-order valence-electron chi connectivity index (χ0n) is 21.2. The largest absolute Gasteiger partial charge is 0.492 e. The second-order valence-corrected chi connectivity index (χ2v) is 9.84. The summed E-state index contributed by atoms with van der Waals surface area (Å²) in [6.07, 6.45) is 9.21. The Hall–Kier alpha value is -4.63. The highest BCUT2D eigenvalue weighted by atomic mass is 19.1. The third-order valence-corrected chi connectivity index (χ3v) is 7.28. The van der Waals surface area contributed by atoms with Crippen molar-refractivity contribution in [3.05, 3.63) is 79.3 Å². The Labute approximate surface area is 223 Å². The molecule has 0 spiro atoms. The Morgan fingerprint density at radius 2 is 1.77 bits per heavy atom. The molecule has 2 aromatic carbocycles. The van der Waals surface area contributed by atoms with Crippen molar-refractivity contribution >= 4 is 21.8 Å². The molecule has 5 heterocycles. The van der Waals surface area contributed by atoms with Crippen LogP contribution in [-0.4, -0.2) is 61.3 Å². The van der Waals surface area contributed by atoms with E-state index in [1.807, 2.05) is 30.3 Å². The van der Waals surface area contributed by atoms with Crippen LogP contribution in [0.2, 0.25) is 0 Å². The SMILES string of the molecule is Fc1cc(OCCN2CCCC2)cc(-c2cccc3[nH]c(-c4n[nH]c5cnc(-c6cncnc6)cc45)cc23)c1. The fraction of sp³-hybridized carbons (Fsp3) is 0.200. The number of nitrogens with zero attached hydrogens (tertiary/aromatic N) is 5. The normalized spacial score (nSPS) is 14.0. The van der Waals surface area contributed by atoms with E-state index >= 15 is 0 Å². The van der Waals surface area contributed by atoms with Gasteiger partial charge in [0.1, 0.15) is 30.2 Å². The van der Waals surface area contributed by atoms with E-state index in [0.717, 1.165) is 75.2 Å². The van der Waals surface area contributed by atoms with Crippen molar-refractivity contribution in [2.75, 3.05) is 26.2 Å². The van der Waals surface area contributed by atoms with Gasteiger partial charge in [-0.1, -0.05) is 12.1 Å². The average molecular weight is 520 g/mol. The minimum absolute atomic E-state index is 0.320. The van der Waals surface area contributed by atoms with Gasteiger partial charge >= 0.3 is 0 Å². The first-order valence-corrected chi connectivity index (χ1v) is 13.1. The lowest BCUT2D eigenvalue weighted by Crippen LogP contribution is -2.25. The smallest absolute Gasteiger partial charge is 0.127 e. The molecule has 39 heavy (non-hydrogen) atoms. The third kappa shape index (κ3) is 4.61. The molecule has 1 aliphatic rings. The molecule has 0 atom stereocenters. The van der Waals surface area contributed by atoms with Crippen molar-refractivity contribution in [3.63, 3.8) is 0 Å². The number of ether oxygens (including phenoxy) is 1. The molecule has 6 aromatic rings. The number of pyridine rings is 1. The van der Waals surface area contributed by atoms with Crippen molar-refractivity contribution in [3.8, 4) is 39.5 Å². The van der Waals surface area contributed by atoms with Crippen LogP contribution in [0.3, 0.4) is 0 Å². The van der Waals surface area contributed by atoms with E-state index in [9.17, 15) is 4.39 Å². The fourth-order valence-corrected chi connectivity index (χ4v) is 5.35. The van der Waals surface area contributed by atoms with E-state index in [1.165, 1.54) is 25.2 Å². The molecule has 1 saturated heterocycles. The van der Waals surface area contributed by atoms with Gasteiger partial charge in [0, 0.05) is 46.9 Å². The summed E-state index contributed by atoms with van der Waals surface area (Å²) in [4.78, 5) is 18.6. The maximum Gasteiger partial charge on any atom is 0.127 e. The summed E-state index contributed by atoms with van der Waals surface area (Å²) in [5.74, 6) is 0.222. The molecule has 1 aliphatic heterocycles. The highest BCUT2D eigenvalue weighted by molar-refractivity contribution is 6.01. The van der Waals surface area contributed by atoms with Gasteiger partial charge < -0.3 is 9.72 Å². The highest BCUT2D eigenvalue weighted by Gasteiger charge is 2.16. The number of benzene rings is 2. The molecule has 4 aromatic heterocycles. The monoisotopic (exact) mass is 519 g/mol. The number of fused-ring (bicyclic) bond motifs is 2. The summed E-state index contributed by atoms with van der Waals surface area (Å²) in [7, 11) is 0. The van der Waals surface area contributed by atoms with Gasteiger partial charge in [0.25, 0.3) is 0 Å². The Morgan fingerprint density at radius 3 is 2.64 bits per heavy atom. The quantitative estimate of drug-likeness (QED) is 0.275. The summed E-state index contributed by atoms with van der Waals surface area (Å²) in [5, 5.41) is 9.56. The van der Waals surface area contributed by atoms with Gasteiger partial charge in [-0.3, -0.25) is 15.0 Å². The Balaban J connectivity index is 1.23. The van der Waals surface area contributed by atoms with Gasteiger partial charge in [-0.15, -0.1) is 0 Å². The summed E-state index contributed by atoms with van der Waals surface area (Å²) in [5.41, 5.74) is 6.67. The number of nitrogens with one attached hydrogen (secondary N) is 2. The van der Waals surface area contributed by atoms with Crippen LogP contribution in [-0.2, 0) is 0 Å². The number of rotatable bonds is 7. The Morgan fingerprint density at radius 1 is 0.897 bits per heavy atom. The van der Waals surface area contributed by atoms with Crippen LogP contribution in [0.4, 0.5) is 4.39 Å². The molecule has 0 unspecified atom stereocenters. The minimum Gasteiger partial charge on any atom is -0.492 e. The van der Waals surface area contributed by atoms with Gasteiger partial charge in [-0.25, -0.2) is 14.4 Å². The molecule has 7 rings (SSSR count). The Kier molecular flexibility index (Phi) is 5.97. The predicted molar refractivity (Wildman–Crippen MR) is 149 cm³/mol. The van der Waals surface area contributed by atoms with E-state index in [4.69, 9.17) is 4.74 Å². The number of hydrogen-bond donors (Lipinski definition) is 2. The van der Waals surface area contributed by atoms with Crippen LogP contribution in [0.15, 0.2) is 73.4 Å². The molecule has 0 aliphatic carbocycles. The van der Waals surface area contributed by atoms with Crippen molar-refractivity contribution in [1.82, 2.24) is 35.0 Å².